The summed E-state index contributed by atoms with van der Waals surface area (Å²) < 4.78 is 35.3. The first-order valence-corrected chi connectivity index (χ1v) is 11.9. The molecule has 0 aromatic heterocycles. The predicted molar refractivity (Wildman–Crippen MR) is 128 cm³/mol. The van der Waals surface area contributed by atoms with Crippen LogP contribution in [0.25, 0.3) is 0 Å². The maximum Gasteiger partial charge on any atom is 0.161 e. The zero-order chi connectivity index (χ0) is 23.0. The molecule has 0 saturated heterocycles. The lowest BCUT2D eigenvalue weighted by Gasteiger charge is -2.23. The first kappa shape index (κ1) is 25.1. The topological polar surface area (TPSA) is 58.6 Å². The number of ether oxygens (including phenoxy) is 6. The standard InChI is InChI=1S/C26H37NO6/c1-2-3-15-28-16-12-27-13-17-30-23-8-4-6-10-25(23)32-21-19-29-20-22-33-26-11-7-5-9-24(26)31-18-14-27/h4-11H,2-3,12-22H2,1H3. The van der Waals surface area contributed by atoms with Crippen molar-refractivity contribution in [2.45, 2.75) is 19.8 Å². The lowest BCUT2D eigenvalue weighted by molar-refractivity contribution is 0.0721. The number of rotatable bonds is 6. The minimum atomic E-state index is 0.446. The highest BCUT2D eigenvalue weighted by Crippen LogP contribution is 2.27. The molecule has 0 radical (unpaired) electrons. The zero-order valence-corrected chi connectivity index (χ0v) is 19.7. The summed E-state index contributed by atoms with van der Waals surface area (Å²) in [5, 5.41) is 0. The molecule has 0 N–H and O–H groups in total. The molecule has 1 aliphatic heterocycles. The van der Waals surface area contributed by atoms with Crippen molar-refractivity contribution in [1.82, 2.24) is 4.90 Å². The lowest BCUT2D eigenvalue weighted by atomic mass is 10.3. The van der Waals surface area contributed by atoms with Crippen LogP contribution in [0.5, 0.6) is 23.0 Å². The molecule has 7 heteroatoms. The van der Waals surface area contributed by atoms with E-state index in [1.54, 1.807) is 0 Å². The van der Waals surface area contributed by atoms with Gasteiger partial charge >= 0.3 is 0 Å². The summed E-state index contributed by atoms with van der Waals surface area (Å²) >= 11 is 0. The Hall–Kier alpha value is -2.48. The SMILES string of the molecule is CCCCOCCN1CCOc2ccccc2OCCOCCOc2ccccc2OCC1. The summed E-state index contributed by atoms with van der Waals surface area (Å²) in [6.07, 6.45) is 2.23. The van der Waals surface area contributed by atoms with Crippen LogP contribution in [0.15, 0.2) is 48.5 Å². The minimum absolute atomic E-state index is 0.446. The molecule has 3 rings (SSSR count). The molecular formula is C26H37NO6. The third-order valence-corrected chi connectivity index (χ3v) is 5.19. The van der Waals surface area contributed by atoms with Crippen LogP contribution < -0.4 is 18.9 Å². The highest BCUT2D eigenvalue weighted by atomic mass is 16.6. The molecule has 0 fully saturated rings. The Kier molecular flexibility index (Phi) is 11.7. The van der Waals surface area contributed by atoms with Crippen molar-refractivity contribution in [2.75, 3.05) is 72.5 Å². The van der Waals surface area contributed by atoms with E-state index in [0.29, 0.717) is 46.2 Å². The highest BCUT2D eigenvalue weighted by Gasteiger charge is 2.11. The number of benzene rings is 2. The number of para-hydroxylation sites is 4. The fourth-order valence-corrected chi connectivity index (χ4v) is 3.35. The molecule has 0 spiro atoms. The molecule has 0 saturated carbocycles. The quantitative estimate of drug-likeness (QED) is 0.604. The monoisotopic (exact) mass is 459 g/mol. The molecule has 33 heavy (non-hydrogen) atoms. The van der Waals surface area contributed by atoms with Crippen LogP contribution in [-0.4, -0.2) is 77.4 Å². The van der Waals surface area contributed by atoms with Gasteiger partial charge in [0.2, 0.25) is 0 Å². The van der Waals surface area contributed by atoms with Gasteiger partial charge in [0.25, 0.3) is 0 Å². The van der Waals surface area contributed by atoms with Gasteiger partial charge in [0, 0.05) is 26.2 Å². The fourth-order valence-electron chi connectivity index (χ4n) is 3.35. The number of fused-ring (bicyclic) bond motifs is 2. The van der Waals surface area contributed by atoms with E-state index in [1.165, 1.54) is 0 Å². The predicted octanol–water partition coefficient (Wildman–Crippen LogP) is 4.05. The van der Waals surface area contributed by atoms with Crippen molar-refractivity contribution in [3.05, 3.63) is 48.5 Å². The fraction of sp³-hybridized carbons (Fsp3) is 0.538. The normalized spacial score (nSPS) is 16.5. The van der Waals surface area contributed by atoms with Crippen molar-refractivity contribution in [2.24, 2.45) is 0 Å². The molecule has 0 bridgehead atoms. The maximum atomic E-state index is 6.06. The number of nitrogens with zero attached hydrogens (tertiary/aromatic N) is 1. The third kappa shape index (κ3) is 9.50. The van der Waals surface area contributed by atoms with Crippen LogP contribution in [0.2, 0.25) is 0 Å². The Balaban J connectivity index is 1.61. The highest BCUT2D eigenvalue weighted by molar-refractivity contribution is 5.40. The summed E-state index contributed by atoms with van der Waals surface area (Å²) in [6.45, 7) is 8.94. The summed E-state index contributed by atoms with van der Waals surface area (Å²) in [5.74, 6) is 2.94. The van der Waals surface area contributed by atoms with Gasteiger partial charge in [-0.1, -0.05) is 37.6 Å². The smallest absolute Gasteiger partial charge is 0.161 e. The first-order valence-electron chi connectivity index (χ1n) is 11.9. The zero-order valence-electron chi connectivity index (χ0n) is 19.7. The van der Waals surface area contributed by atoms with E-state index in [4.69, 9.17) is 28.4 Å². The van der Waals surface area contributed by atoms with Gasteiger partial charge in [-0.05, 0) is 30.7 Å². The molecule has 7 nitrogen and oxygen atoms in total. The lowest BCUT2D eigenvalue weighted by Crippen LogP contribution is -2.35. The molecular weight excluding hydrogens is 422 g/mol. The van der Waals surface area contributed by atoms with Gasteiger partial charge in [-0.25, -0.2) is 0 Å². The van der Waals surface area contributed by atoms with Crippen molar-refractivity contribution in [3.63, 3.8) is 0 Å². The van der Waals surface area contributed by atoms with E-state index in [9.17, 15) is 0 Å². The number of hydrogen-bond acceptors (Lipinski definition) is 7. The Morgan fingerprint density at radius 3 is 1.64 bits per heavy atom. The van der Waals surface area contributed by atoms with Gasteiger partial charge in [0.05, 0.1) is 19.8 Å². The van der Waals surface area contributed by atoms with E-state index in [-0.39, 0.29) is 0 Å². The van der Waals surface area contributed by atoms with E-state index in [0.717, 1.165) is 62.1 Å². The third-order valence-electron chi connectivity index (χ3n) is 5.19. The molecule has 0 aliphatic carbocycles. The van der Waals surface area contributed by atoms with Gasteiger partial charge in [-0.2, -0.15) is 0 Å². The molecule has 182 valence electrons. The van der Waals surface area contributed by atoms with Crippen molar-refractivity contribution in [3.8, 4) is 23.0 Å². The molecule has 1 aliphatic rings. The summed E-state index contributed by atoms with van der Waals surface area (Å²) in [4.78, 5) is 2.30. The van der Waals surface area contributed by atoms with Crippen molar-refractivity contribution >= 4 is 0 Å². The maximum absolute atomic E-state index is 6.06. The van der Waals surface area contributed by atoms with E-state index in [2.05, 4.69) is 11.8 Å². The van der Waals surface area contributed by atoms with Crippen molar-refractivity contribution < 1.29 is 28.4 Å². The molecule has 2 aromatic carbocycles. The molecule has 2 aromatic rings. The van der Waals surface area contributed by atoms with Crippen molar-refractivity contribution in [1.29, 1.82) is 0 Å². The average Bonchev–Trinajstić information content (AvgIpc) is 2.84. The number of hydrogen-bond donors (Lipinski definition) is 0. The summed E-state index contributed by atoms with van der Waals surface area (Å²) in [7, 11) is 0. The molecule has 0 amide bonds. The Morgan fingerprint density at radius 2 is 1.15 bits per heavy atom. The molecule has 0 unspecified atom stereocenters. The van der Waals surface area contributed by atoms with Crippen LogP contribution in [0, 0.1) is 0 Å². The Morgan fingerprint density at radius 1 is 0.667 bits per heavy atom. The van der Waals surface area contributed by atoms with E-state index < -0.39 is 0 Å². The number of unbranched alkanes of at least 4 members (excludes halogenated alkanes) is 1. The summed E-state index contributed by atoms with van der Waals surface area (Å²) in [6, 6.07) is 15.5. The second kappa shape index (κ2) is 15.4. The van der Waals surface area contributed by atoms with Crippen LogP contribution in [0.4, 0.5) is 0 Å². The van der Waals surface area contributed by atoms with E-state index in [1.807, 2.05) is 48.5 Å². The van der Waals surface area contributed by atoms with Crippen LogP contribution in [0.3, 0.4) is 0 Å². The Bertz CT molecular complexity index is 729. The largest absolute Gasteiger partial charge is 0.488 e. The van der Waals surface area contributed by atoms with Gasteiger partial charge in [-0.15, -0.1) is 0 Å². The summed E-state index contributed by atoms with van der Waals surface area (Å²) in [5.41, 5.74) is 0. The second-order valence-electron chi connectivity index (χ2n) is 7.71. The minimum Gasteiger partial charge on any atom is -0.488 e. The second-order valence-corrected chi connectivity index (χ2v) is 7.71. The van der Waals surface area contributed by atoms with Gasteiger partial charge in [-0.3, -0.25) is 4.90 Å². The molecule has 1 heterocycles. The van der Waals surface area contributed by atoms with Crippen LogP contribution in [0.1, 0.15) is 19.8 Å². The van der Waals surface area contributed by atoms with Crippen LogP contribution in [-0.2, 0) is 9.47 Å². The van der Waals surface area contributed by atoms with E-state index >= 15 is 0 Å². The van der Waals surface area contributed by atoms with Gasteiger partial charge in [0.1, 0.15) is 26.4 Å². The van der Waals surface area contributed by atoms with Gasteiger partial charge < -0.3 is 28.4 Å². The molecule has 0 atom stereocenters. The average molecular weight is 460 g/mol. The van der Waals surface area contributed by atoms with Crippen LogP contribution >= 0.6 is 0 Å². The first-order chi connectivity index (χ1) is 16.4. The van der Waals surface area contributed by atoms with Gasteiger partial charge in [0.15, 0.2) is 23.0 Å². The Labute approximate surface area is 197 Å².